The Morgan fingerprint density at radius 1 is 1.36 bits per heavy atom. The molecule has 0 radical (unpaired) electrons. The standard InChI is InChI=1S/C16H17F3N4O2/c1-9-2-3-11-10(6-9)14(21-25-11)15(24)23-5-4-22-7-12(16(17,18)19)20-13(22)8-23/h7,9H,2-6,8H2,1H3/t9-/m0/s1. The van der Waals surface area contributed by atoms with Crippen molar-refractivity contribution in [2.75, 3.05) is 6.54 Å². The van der Waals surface area contributed by atoms with Crippen LogP contribution in [0.4, 0.5) is 13.2 Å². The quantitative estimate of drug-likeness (QED) is 0.790. The molecule has 0 aromatic carbocycles. The summed E-state index contributed by atoms with van der Waals surface area (Å²) in [6.07, 6.45) is -0.995. The highest BCUT2D eigenvalue weighted by Gasteiger charge is 2.37. The number of fused-ring (bicyclic) bond motifs is 2. The summed E-state index contributed by atoms with van der Waals surface area (Å²) in [6, 6.07) is 0. The maximum atomic E-state index is 12.8. The lowest BCUT2D eigenvalue weighted by Crippen LogP contribution is -2.39. The van der Waals surface area contributed by atoms with Crippen LogP contribution in [0.1, 0.15) is 46.7 Å². The molecule has 0 spiro atoms. The number of nitrogens with zero attached hydrogens (tertiary/aromatic N) is 4. The molecule has 0 bridgehead atoms. The summed E-state index contributed by atoms with van der Waals surface area (Å²) >= 11 is 0. The second-order valence-electron chi connectivity index (χ2n) is 6.74. The Morgan fingerprint density at radius 2 is 2.16 bits per heavy atom. The minimum absolute atomic E-state index is 0.0338. The van der Waals surface area contributed by atoms with E-state index in [0.717, 1.165) is 36.8 Å². The van der Waals surface area contributed by atoms with Crippen molar-refractivity contribution in [2.24, 2.45) is 5.92 Å². The first-order valence-corrected chi connectivity index (χ1v) is 8.23. The molecule has 1 amide bonds. The Balaban J connectivity index is 1.57. The molecule has 9 heteroatoms. The minimum Gasteiger partial charge on any atom is -0.360 e. The Morgan fingerprint density at radius 3 is 2.92 bits per heavy atom. The Labute approximate surface area is 141 Å². The van der Waals surface area contributed by atoms with Gasteiger partial charge in [-0.05, 0) is 18.8 Å². The molecule has 1 aliphatic heterocycles. The van der Waals surface area contributed by atoms with E-state index in [4.69, 9.17) is 4.52 Å². The second-order valence-corrected chi connectivity index (χ2v) is 6.74. The average molecular weight is 354 g/mol. The molecule has 0 N–H and O–H groups in total. The molecule has 134 valence electrons. The van der Waals surface area contributed by atoms with E-state index in [9.17, 15) is 18.0 Å². The van der Waals surface area contributed by atoms with Crippen molar-refractivity contribution in [2.45, 2.75) is 45.5 Å². The van der Waals surface area contributed by atoms with Crippen LogP contribution >= 0.6 is 0 Å². The molecule has 0 fully saturated rings. The fourth-order valence-corrected chi connectivity index (χ4v) is 3.46. The van der Waals surface area contributed by atoms with Crippen molar-refractivity contribution in [3.63, 3.8) is 0 Å². The third-order valence-electron chi connectivity index (χ3n) is 4.87. The van der Waals surface area contributed by atoms with Gasteiger partial charge in [0.15, 0.2) is 11.4 Å². The number of imidazole rings is 1. The predicted molar refractivity (Wildman–Crippen MR) is 79.7 cm³/mol. The first-order valence-electron chi connectivity index (χ1n) is 8.23. The van der Waals surface area contributed by atoms with Gasteiger partial charge in [0.2, 0.25) is 0 Å². The summed E-state index contributed by atoms with van der Waals surface area (Å²) in [7, 11) is 0. The van der Waals surface area contributed by atoms with Gasteiger partial charge in [0.1, 0.15) is 11.6 Å². The topological polar surface area (TPSA) is 64.2 Å². The number of hydrogen-bond acceptors (Lipinski definition) is 4. The smallest absolute Gasteiger partial charge is 0.360 e. The number of amides is 1. The molecule has 3 heterocycles. The predicted octanol–water partition coefficient (Wildman–Crippen LogP) is 2.67. The summed E-state index contributed by atoms with van der Waals surface area (Å²) in [5, 5.41) is 3.93. The molecule has 1 atom stereocenters. The van der Waals surface area contributed by atoms with Gasteiger partial charge in [-0.25, -0.2) is 4.98 Å². The van der Waals surface area contributed by atoms with Crippen LogP contribution in [0, 0.1) is 5.92 Å². The van der Waals surface area contributed by atoms with Crippen LogP contribution in [-0.4, -0.2) is 32.1 Å². The summed E-state index contributed by atoms with van der Waals surface area (Å²) in [4.78, 5) is 17.9. The van der Waals surface area contributed by atoms with Crippen LogP contribution in [0.5, 0.6) is 0 Å². The molecule has 0 unspecified atom stereocenters. The van der Waals surface area contributed by atoms with Gasteiger partial charge in [-0.3, -0.25) is 4.79 Å². The number of aromatic nitrogens is 3. The Bertz CT molecular complexity index is 824. The average Bonchev–Trinajstić information content (AvgIpc) is 3.16. The van der Waals surface area contributed by atoms with Gasteiger partial charge in [0.05, 0.1) is 6.54 Å². The number of carbonyl (C=O) groups excluding carboxylic acids is 1. The van der Waals surface area contributed by atoms with E-state index < -0.39 is 11.9 Å². The number of aryl methyl sites for hydroxylation is 1. The number of carbonyl (C=O) groups is 1. The fraction of sp³-hybridized carbons (Fsp3) is 0.562. The lowest BCUT2D eigenvalue weighted by molar-refractivity contribution is -0.141. The van der Waals surface area contributed by atoms with E-state index in [-0.39, 0.29) is 30.5 Å². The van der Waals surface area contributed by atoms with Gasteiger partial charge in [-0.2, -0.15) is 13.2 Å². The molecular weight excluding hydrogens is 337 g/mol. The van der Waals surface area contributed by atoms with Gasteiger partial charge in [-0.15, -0.1) is 0 Å². The van der Waals surface area contributed by atoms with E-state index in [1.165, 1.54) is 9.47 Å². The highest BCUT2D eigenvalue weighted by molar-refractivity contribution is 5.94. The molecule has 0 saturated carbocycles. The van der Waals surface area contributed by atoms with Gasteiger partial charge in [-0.1, -0.05) is 12.1 Å². The number of alkyl halides is 3. The normalized spacial score (nSPS) is 20.3. The molecule has 2 aromatic heterocycles. The van der Waals surface area contributed by atoms with Crippen molar-refractivity contribution >= 4 is 5.91 Å². The number of hydrogen-bond donors (Lipinski definition) is 0. The molecule has 1 aliphatic carbocycles. The molecule has 2 aromatic rings. The van der Waals surface area contributed by atoms with Crippen molar-refractivity contribution in [3.05, 3.63) is 34.7 Å². The molecule has 2 aliphatic rings. The van der Waals surface area contributed by atoms with E-state index in [0.29, 0.717) is 12.5 Å². The zero-order valence-corrected chi connectivity index (χ0v) is 13.6. The zero-order chi connectivity index (χ0) is 17.8. The number of rotatable bonds is 1. The largest absolute Gasteiger partial charge is 0.434 e. The van der Waals surface area contributed by atoms with Crippen molar-refractivity contribution < 1.29 is 22.5 Å². The lowest BCUT2D eigenvalue weighted by Gasteiger charge is -2.27. The summed E-state index contributed by atoms with van der Waals surface area (Å²) < 4.78 is 45.1. The highest BCUT2D eigenvalue weighted by Crippen LogP contribution is 2.31. The van der Waals surface area contributed by atoms with Gasteiger partial charge in [0.25, 0.3) is 5.91 Å². The third-order valence-corrected chi connectivity index (χ3v) is 4.87. The molecular formula is C16H17F3N4O2. The summed E-state index contributed by atoms with van der Waals surface area (Å²) in [5.41, 5.74) is 0.204. The highest BCUT2D eigenvalue weighted by atomic mass is 19.4. The summed E-state index contributed by atoms with van der Waals surface area (Å²) in [6.45, 7) is 2.74. The van der Waals surface area contributed by atoms with Crippen molar-refractivity contribution in [1.82, 2.24) is 19.6 Å². The first kappa shape index (κ1) is 16.2. The van der Waals surface area contributed by atoms with E-state index in [2.05, 4.69) is 17.1 Å². The van der Waals surface area contributed by atoms with Crippen molar-refractivity contribution in [3.8, 4) is 0 Å². The van der Waals surface area contributed by atoms with E-state index in [1.54, 1.807) is 0 Å². The van der Waals surface area contributed by atoms with Gasteiger partial charge in [0, 0.05) is 31.3 Å². The lowest BCUT2D eigenvalue weighted by atomic mass is 9.88. The van der Waals surface area contributed by atoms with Crippen LogP contribution in [0.25, 0.3) is 0 Å². The van der Waals surface area contributed by atoms with Gasteiger partial charge >= 0.3 is 6.18 Å². The Hall–Kier alpha value is -2.32. The van der Waals surface area contributed by atoms with E-state index >= 15 is 0 Å². The second kappa shape index (κ2) is 5.60. The van der Waals surface area contributed by atoms with Crippen LogP contribution in [0.2, 0.25) is 0 Å². The monoisotopic (exact) mass is 354 g/mol. The molecule has 4 rings (SSSR count). The van der Waals surface area contributed by atoms with Crippen LogP contribution in [0.3, 0.4) is 0 Å². The maximum absolute atomic E-state index is 12.8. The Kier molecular flexibility index (Phi) is 3.62. The SMILES string of the molecule is C[C@H]1CCc2onc(C(=O)N3CCn4cc(C(F)(F)F)nc4C3)c2C1. The van der Waals surface area contributed by atoms with Crippen LogP contribution in [0.15, 0.2) is 10.7 Å². The first-order chi connectivity index (χ1) is 11.8. The van der Waals surface area contributed by atoms with Crippen molar-refractivity contribution in [1.29, 1.82) is 0 Å². The fourth-order valence-electron chi connectivity index (χ4n) is 3.46. The summed E-state index contributed by atoms with van der Waals surface area (Å²) in [5.74, 6) is 1.13. The number of halogens is 3. The molecule has 25 heavy (non-hydrogen) atoms. The minimum atomic E-state index is -4.49. The van der Waals surface area contributed by atoms with Crippen LogP contribution in [-0.2, 0) is 32.1 Å². The zero-order valence-electron chi connectivity index (χ0n) is 13.6. The van der Waals surface area contributed by atoms with Crippen LogP contribution < -0.4 is 0 Å². The maximum Gasteiger partial charge on any atom is 0.434 e. The molecule has 6 nitrogen and oxygen atoms in total. The third kappa shape index (κ3) is 2.81. The molecule has 0 saturated heterocycles. The van der Waals surface area contributed by atoms with Gasteiger partial charge < -0.3 is 14.0 Å². The van der Waals surface area contributed by atoms with E-state index in [1.807, 2.05) is 0 Å².